The van der Waals surface area contributed by atoms with Gasteiger partial charge in [0.05, 0.1) is 0 Å². The van der Waals surface area contributed by atoms with Crippen LogP contribution >= 0.6 is 0 Å². The van der Waals surface area contributed by atoms with E-state index in [4.69, 9.17) is 4.74 Å². The summed E-state index contributed by atoms with van der Waals surface area (Å²) in [6.45, 7) is 2.88. The summed E-state index contributed by atoms with van der Waals surface area (Å²) in [6, 6.07) is 25.4. The third-order valence-corrected chi connectivity index (χ3v) is 4.46. The van der Waals surface area contributed by atoms with E-state index in [0.29, 0.717) is 12.5 Å². The number of benzene rings is 3. The average Bonchev–Trinajstić information content (AvgIpc) is 2.87. The summed E-state index contributed by atoms with van der Waals surface area (Å²) in [5, 5.41) is 0. The van der Waals surface area contributed by atoms with Gasteiger partial charge < -0.3 is 4.74 Å². The minimum atomic E-state index is 0.467. The largest absolute Gasteiger partial charge is 0.489 e. The molecule has 0 heterocycles. The van der Waals surface area contributed by atoms with E-state index in [1.165, 1.54) is 27.8 Å². The molecule has 1 heteroatoms. The van der Waals surface area contributed by atoms with Crippen molar-refractivity contribution in [3.05, 3.63) is 89.5 Å². The van der Waals surface area contributed by atoms with Crippen LogP contribution in [0.2, 0.25) is 0 Å². The molecule has 0 N–H and O–H groups in total. The first kappa shape index (κ1) is 13.1. The number of hydrogen-bond acceptors (Lipinski definition) is 1. The number of ether oxygens (including phenoxy) is 1. The molecule has 1 unspecified atom stereocenters. The highest BCUT2D eigenvalue weighted by Crippen LogP contribution is 2.45. The van der Waals surface area contributed by atoms with E-state index in [2.05, 4.69) is 61.5 Å². The average molecular weight is 286 g/mol. The lowest BCUT2D eigenvalue weighted by Gasteiger charge is -2.10. The summed E-state index contributed by atoms with van der Waals surface area (Å²) in [4.78, 5) is 0. The van der Waals surface area contributed by atoms with Crippen LogP contribution in [0.1, 0.15) is 29.5 Å². The summed E-state index contributed by atoms with van der Waals surface area (Å²) in [5.41, 5.74) is 6.66. The molecule has 1 nitrogen and oxygen atoms in total. The van der Waals surface area contributed by atoms with Crippen LogP contribution in [0.25, 0.3) is 11.1 Å². The van der Waals surface area contributed by atoms with E-state index >= 15 is 0 Å². The highest BCUT2D eigenvalue weighted by Gasteiger charge is 2.25. The van der Waals surface area contributed by atoms with Gasteiger partial charge in [-0.15, -0.1) is 0 Å². The van der Waals surface area contributed by atoms with Gasteiger partial charge in [-0.2, -0.15) is 0 Å². The van der Waals surface area contributed by atoms with E-state index in [-0.39, 0.29) is 0 Å². The second-order valence-electron chi connectivity index (χ2n) is 5.83. The molecule has 0 saturated carbocycles. The SMILES string of the molecule is CC1c2ccccc2-c2cc(OCc3ccccc3)ccc21. The Kier molecular flexibility index (Phi) is 3.19. The Bertz CT molecular complexity index is 805. The fraction of sp³-hybridized carbons (Fsp3) is 0.143. The highest BCUT2D eigenvalue weighted by molar-refractivity contribution is 5.79. The minimum absolute atomic E-state index is 0.467. The Balaban J connectivity index is 1.63. The molecule has 0 aliphatic heterocycles. The summed E-state index contributed by atoms with van der Waals surface area (Å²) < 4.78 is 5.97. The molecule has 0 radical (unpaired) electrons. The quantitative estimate of drug-likeness (QED) is 0.626. The minimum Gasteiger partial charge on any atom is -0.489 e. The predicted octanol–water partition coefficient (Wildman–Crippen LogP) is 5.40. The zero-order valence-electron chi connectivity index (χ0n) is 12.6. The van der Waals surface area contributed by atoms with Gasteiger partial charge in [-0.05, 0) is 39.9 Å². The van der Waals surface area contributed by atoms with Crippen molar-refractivity contribution in [1.29, 1.82) is 0 Å². The maximum absolute atomic E-state index is 5.97. The molecule has 0 fully saturated rings. The molecular weight excluding hydrogens is 268 g/mol. The van der Waals surface area contributed by atoms with Crippen LogP contribution in [-0.2, 0) is 6.61 Å². The molecule has 3 aromatic carbocycles. The molecule has 0 saturated heterocycles. The number of rotatable bonds is 3. The molecule has 0 bridgehead atoms. The van der Waals surface area contributed by atoms with Crippen LogP contribution in [0.3, 0.4) is 0 Å². The molecule has 0 aromatic heterocycles. The van der Waals surface area contributed by atoms with Crippen LogP contribution in [-0.4, -0.2) is 0 Å². The van der Waals surface area contributed by atoms with Crippen LogP contribution < -0.4 is 4.74 Å². The topological polar surface area (TPSA) is 9.23 Å². The van der Waals surface area contributed by atoms with E-state index in [1.54, 1.807) is 0 Å². The second kappa shape index (κ2) is 5.34. The molecule has 0 spiro atoms. The fourth-order valence-electron chi connectivity index (χ4n) is 3.26. The van der Waals surface area contributed by atoms with Gasteiger partial charge in [0, 0.05) is 5.92 Å². The third-order valence-electron chi connectivity index (χ3n) is 4.46. The summed E-state index contributed by atoms with van der Waals surface area (Å²) in [6.07, 6.45) is 0. The molecule has 1 aliphatic carbocycles. The summed E-state index contributed by atoms with van der Waals surface area (Å²) in [7, 11) is 0. The van der Waals surface area contributed by atoms with Gasteiger partial charge in [-0.25, -0.2) is 0 Å². The Morgan fingerprint density at radius 3 is 2.36 bits per heavy atom. The molecule has 3 aromatic rings. The fourth-order valence-corrected chi connectivity index (χ4v) is 3.26. The molecule has 1 atom stereocenters. The lowest BCUT2D eigenvalue weighted by molar-refractivity contribution is 0.306. The Labute approximate surface area is 131 Å². The van der Waals surface area contributed by atoms with Crippen molar-refractivity contribution in [2.24, 2.45) is 0 Å². The zero-order valence-corrected chi connectivity index (χ0v) is 12.6. The zero-order chi connectivity index (χ0) is 14.9. The highest BCUT2D eigenvalue weighted by atomic mass is 16.5. The first-order valence-corrected chi connectivity index (χ1v) is 7.73. The van der Waals surface area contributed by atoms with Crippen molar-refractivity contribution in [3.8, 4) is 16.9 Å². The Morgan fingerprint density at radius 1 is 0.773 bits per heavy atom. The van der Waals surface area contributed by atoms with Gasteiger partial charge in [-0.3, -0.25) is 0 Å². The summed E-state index contributed by atoms with van der Waals surface area (Å²) >= 11 is 0. The van der Waals surface area contributed by atoms with Crippen LogP contribution in [0.15, 0.2) is 72.8 Å². The van der Waals surface area contributed by atoms with Crippen molar-refractivity contribution in [2.45, 2.75) is 19.4 Å². The third kappa shape index (κ3) is 2.19. The van der Waals surface area contributed by atoms with E-state index in [9.17, 15) is 0 Å². The molecule has 22 heavy (non-hydrogen) atoms. The number of hydrogen-bond donors (Lipinski definition) is 0. The van der Waals surface area contributed by atoms with Gasteiger partial charge in [0.2, 0.25) is 0 Å². The molecular formula is C21H18O. The van der Waals surface area contributed by atoms with E-state index in [1.807, 2.05) is 18.2 Å². The molecule has 1 aliphatic rings. The summed E-state index contributed by atoms with van der Waals surface area (Å²) in [5.74, 6) is 1.40. The standard InChI is InChI=1S/C21H18O/c1-15-18-9-5-6-10-20(18)21-13-17(11-12-19(15)21)22-14-16-7-3-2-4-8-16/h2-13,15H,14H2,1H3. The maximum Gasteiger partial charge on any atom is 0.120 e. The normalized spacial score (nSPS) is 15.2. The molecule has 0 amide bonds. The first-order valence-electron chi connectivity index (χ1n) is 7.73. The molecule has 108 valence electrons. The Morgan fingerprint density at radius 2 is 1.50 bits per heavy atom. The Hall–Kier alpha value is -2.54. The van der Waals surface area contributed by atoms with Crippen LogP contribution in [0.4, 0.5) is 0 Å². The monoisotopic (exact) mass is 286 g/mol. The molecule has 4 rings (SSSR count). The van der Waals surface area contributed by atoms with Gasteiger partial charge >= 0.3 is 0 Å². The van der Waals surface area contributed by atoms with Crippen molar-refractivity contribution in [2.75, 3.05) is 0 Å². The lowest BCUT2D eigenvalue weighted by Crippen LogP contribution is -1.95. The number of fused-ring (bicyclic) bond motifs is 3. The first-order chi connectivity index (χ1) is 10.8. The van der Waals surface area contributed by atoms with Crippen molar-refractivity contribution in [3.63, 3.8) is 0 Å². The maximum atomic E-state index is 5.97. The van der Waals surface area contributed by atoms with Gasteiger partial charge in [0.25, 0.3) is 0 Å². The van der Waals surface area contributed by atoms with Crippen LogP contribution in [0, 0.1) is 0 Å². The van der Waals surface area contributed by atoms with Crippen molar-refractivity contribution >= 4 is 0 Å². The van der Waals surface area contributed by atoms with Gasteiger partial charge in [0.1, 0.15) is 12.4 Å². The smallest absolute Gasteiger partial charge is 0.120 e. The van der Waals surface area contributed by atoms with Crippen molar-refractivity contribution in [1.82, 2.24) is 0 Å². The lowest BCUT2D eigenvalue weighted by atomic mass is 9.99. The van der Waals surface area contributed by atoms with Crippen molar-refractivity contribution < 1.29 is 4.74 Å². The van der Waals surface area contributed by atoms with Gasteiger partial charge in [-0.1, -0.05) is 67.6 Å². The second-order valence-corrected chi connectivity index (χ2v) is 5.83. The van der Waals surface area contributed by atoms with Crippen LogP contribution in [0.5, 0.6) is 5.75 Å². The van der Waals surface area contributed by atoms with E-state index in [0.717, 1.165) is 5.75 Å². The van der Waals surface area contributed by atoms with Gasteiger partial charge in [0.15, 0.2) is 0 Å². The predicted molar refractivity (Wildman–Crippen MR) is 90.2 cm³/mol. The van der Waals surface area contributed by atoms with E-state index < -0.39 is 0 Å².